The monoisotopic (exact) mass is 124 g/mol. The van der Waals surface area contributed by atoms with Crippen molar-refractivity contribution in [1.29, 1.82) is 0 Å². The number of ketones is 1. The first-order valence-corrected chi connectivity index (χ1v) is 3.32. The second-order valence-corrected chi connectivity index (χ2v) is 3.10. The third-order valence-electron chi connectivity index (χ3n) is 1.76. The smallest absolute Gasteiger partial charge is 0.152 e. The average molecular weight is 124 g/mol. The predicted octanol–water partition coefficient (Wildman–Crippen LogP) is 1.93. The van der Waals surface area contributed by atoms with Crippen molar-refractivity contribution in [2.24, 2.45) is 5.41 Å². The average Bonchev–Trinajstić information content (AvgIpc) is 2.45. The summed E-state index contributed by atoms with van der Waals surface area (Å²) >= 11 is 0. The molecule has 0 saturated heterocycles. The lowest BCUT2D eigenvalue weighted by atomic mass is 10.1. The Morgan fingerprint density at radius 3 is 2.44 bits per heavy atom. The van der Waals surface area contributed by atoms with Crippen molar-refractivity contribution in [2.45, 2.75) is 26.7 Å². The summed E-state index contributed by atoms with van der Waals surface area (Å²) in [4.78, 5) is 10.4. The second kappa shape index (κ2) is 1.98. The molecule has 0 amide bonds. The van der Waals surface area contributed by atoms with Gasteiger partial charge in [0.05, 0.1) is 0 Å². The molecule has 1 heteroatoms. The van der Waals surface area contributed by atoms with E-state index in [4.69, 9.17) is 0 Å². The van der Waals surface area contributed by atoms with Crippen LogP contribution >= 0.6 is 0 Å². The maximum atomic E-state index is 10.4. The van der Waals surface area contributed by atoms with Gasteiger partial charge in [0, 0.05) is 0 Å². The van der Waals surface area contributed by atoms with Crippen molar-refractivity contribution in [3.63, 3.8) is 0 Å². The standard InChI is InChI=1S/C8H12O/c1-7(9)3-4-8(2)5-6-8/h3-4H,5-6H2,1-2H3/b4-3+. The summed E-state index contributed by atoms with van der Waals surface area (Å²) < 4.78 is 0. The van der Waals surface area contributed by atoms with Gasteiger partial charge < -0.3 is 0 Å². The van der Waals surface area contributed by atoms with Crippen LogP contribution < -0.4 is 0 Å². The van der Waals surface area contributed by atoms with Crippen LogP contribution in [0.25, 0.3) is 0 Å². The van der Waals surface area contributed by atoms with Gasteiger partial charge in [0.2, 0.25) is 0 Å². The molecular formula is C8H12O. The van der Waals surface area contributed by atoms with Crippen LogP contribution in [0.5, 0.6) is 0 Å². The van der Waals surface area contributed by atoms with Gasteiger partial charge in [0.25, 0.3) is 0 Å². The molecule has 0 aromatic carbocycles. The third kappa shape index (κ3) is 2.00. The van der Waals surface area contributed by atoms with Crippen LogP contribution in [0.2, 0.25) is 0 Å². The summed E-state index contributed by atoms with van der Waals surface area (Å²) in [6.45, 7) is 3.76. The Balaban J connectivity index is 2.40. The molecule has 0 aliphatic heterocycles. The molecule has 1 fully saturated rings. The van der Waals surface area contributed by atoms with E-state index in [0.29, 0.717) is 5.41 Å². The highest BCUT2D eigenvalue weighted by Crippen LogP contribution is 2.46. The van der Waals surface area contributed by atoms with Crippen LogP contribution in [-0.2, 0) is 4.79 Å². The van der Waals surface area contributed by atoms with Crippen LogP contribution in [0.4, 0.5) is 0 Å². The highest BCUT2D eigenvalue weighted by atomic mass is 16.1. The van der Waals surface area contributed by atoms with Crippen molar-refractivity contribution in [1.82, 2.24) is 0 Å². The van der Waals surface area contributed by atoms with Gasteiger partial charge in [-0.15, -0.1) is 0 Å². The van der Waals surface area contributed by atoms with Crippen LogP contribution in [0.1, 0.15) is 26.7 Å². The molecule has 1 saturated carbocycles. The summed E-state index contributed by atoms with van der Waals surface area (Å²) in [6, 6.07) is 0. The highest BCUT2D eigenvalue weighted by Gasteiger charge is 2.33. The number of allylic oxidation sites excluding steroid dienone is 2. The number of hydrogen-bond donors (Lipinski definition) is 0. The molecular weight excluding hydrogens is 112 g/mol. The minimum absolute atomic E-state index is 0.156. The first-order chi connectivity index (χ1) is 4.12. The van der Waals surface area contributed by atoms with Crippen LogP contribution in [-0.4, -0.2) is 5.78 Å². The Morgan fingerprint density at radius 1 is 1.56 bits per heavy atom. The summed E-state index contributed by atoms with van der Waals surface area (Å²) in [5.41, 5.74) is 0.381. The number of carbonyl (C=O) groups excluding carboxylic acids is 1. The van der Waals surface area contributed by atoms with Gasteiger partial charge in [-0.05, 0) is 31.3 Å². The minimum Gasteiger partial charge on any atom is -0.295 e. The predicted molar refractivity (Wildman–Crippen MR) is 37.2 cm³/mol. The topological polar surface area (TPSA) is 17.1 Å². The van der Waals surface area contributed by atoms with E-state index in [2.05, 4.69) is 6.92 Å². The van der Waals surface area contributed by atoms with Gasteiger partial charge in [0.15, 0.2) is 5.78 Å². The Hall–Kier alpha value is -0.590. The second-order valence-electron chi connectivity index (χ2n) is 3.10. The lowest BCUT2D eigenvalue weighted by Crippen LogP contribution is -1.87. The van der Waals surface area contributed by atoms with Crippen LogP contribution in [0.15, 0.2) is 12.2 Å². The minimum atomic E-state index is 0.156. The maximum absolute atomic E-state index is 10.4. The number of carbonyl (C=O) groups is 1. The molecule has 0 N–H and O–H groups in total. The molecule has 0 heterocycles. The van der Waals surface area contributed by atoms with Gasteiger partial charge in [-0.1, -0.05) is 13.0 Å². The first-order valence-electron chi connectivity index (χ1n) is 3.32. The van der Waals surface area contributed by atoms with E-state index in [1.54, 1.807) is 13.0 Å². The number of rotatable bonds is 2. The molecule has 0 unspecified atom stereocenters. The lowest BCUT2D eigenvalue weighted by molar-refractivity contribution is -0.112. The van der Waals surface area contributed by atoms with E-state index >= 15 is 0 Å². The van der Waals surface area contributed by atoms with Crippen molar-refractivity contribution in [3.8, 4) is 0 Å². The zero-order valence-corrected chi connectivity index (χ0v) is 5.98. The van der Waals surface area contributed by atoms with Gasteiger partial charge in [0.1, 0.15) is 0 Å². The molecule has 0 bridgehead atoms. The first kappa shape index (κ1) is 6.53. The van der Waals surface area contributed by atoms with Crippen molar-refractivity contribution >= 4 is 5.78 Å². The SMILES string of the molecule is CC(=O)/C=C/C1(C)CC1. The van der Waals surface area contributed by atoms with Crippen LogP contribution in [0, 0.1) is 5.41 Å². The molecule has 1 nitrogen and oxygen atoms in total. The van der Waals surface area contributed by atoms with Crippen molar-refractivity contribution in [3.05, 3.63) is 12.2 Å². The highest BCUT2D eigenvalue weighted by molar-refractivity contribution is 5.87. The Bertz CT molecular complexity index is 152. The summed E-state index contributed by atoms with van der Waals surface area (Å²) in [7, 11) is 0. The largest absolute Gasteiger partial charge is 0.295 e. The molecule has 0 aromatic rings. The molecule has 9 heavy (non-hydrogen) atoms. The molecule has 1 rings (SSSR count). The fraction of sp³-hybridized carbons (Fsp3) is 0.625. The zero-order valence-electron chi connectivity index (χ0n) is 5.98. The molecule has 1 aliphatic carbocycles. The summed E-state index contributed by atoms with van der Waals surface area (Å²) in [5.74, 6) is 0.156. The quantitative estimate of drug-likeness (QED) is 0.514. The van der Waals surface area contributed by atoms with E-state index in [-0.39, 0.29) is 5.78 Å². The van der Waals surface area contributed by atoms with E-state index in [1.807, 2.05) is 6.08 Å². The molecule has 0 radical (unpaired) electrons. The fourth-order valence-corrected chi connectivity index (χ4v) is 0.682. The normalized spacial score (nSPS) is 22.4. The van der Waals surface area contributed by atoms with E-state index in [1.165, 1.54) is 12.8 Å². The van der Waals surface area contributed by atoms with Crippen molar-refractivity contribution < 1.29 is 4.79 Å². The number of hydrogen-bond acceptors (Lipinski definition) is 1. The molecule has 0 spiro atoms. The van der Waals surface area contributed by atoms with E-state index in [9.17, 15) is 4.79 Å². The van der Waals surface area contributed by atoms with Crippen LogP contribution in [0.3, 0.4) is 0 Å². The van der Waals surface area contributed by atoms with Gasteiger partial charge in [-0.25, -0.2) is 0 Å². The third-order valence-corrected chi connectivity index (χ3v) is 1.76. The maximum Gasteiger partial charge on any atom is 0.152 e. The lowest BCUT2D eigenvalue weighted by Gasteiger charge is -1.94. The summed E-state index contributed by atoms with van der Waals surface area (Å²) in [5, 5.41) is 0. The molecule has 50 valence electrons. The molecule has 0 atom stereocenters. The van der Waals surface area contributed by atoms with Gasteiger partial charge in [-0.3, -0.25) is 4.79 Å². The Kier molecular flexibility index (Phi) is 1.43. The summed E-state index contributed by atoms with van der Waals surface area (Å²) in [6.07, 6.45) is 6.19. The van der Waals surface area contributed by atoms with Gasteiger partial charge >= 0.3 is 0 Å². The zero-order chi connectivity index (χ0) is 6.91. The molecule has 1 aliphatic rings. The fourth-order valence-electron chi connectivity index (χ4n) is 0.682. The van der Waals surface area contributed by atoms with E-state index < -0.39 is 0 Å². The van der Waals surface area contributed by atoms with Crippen molar-refractivity contribution in [2.75, 3.05) is 0 Å². The van der Waals surface area contributed by atoms with Gasteiger partial charge in [-0.2, -0.15) is 0 Å². The Labute approximate surface area is 55.8 Å². The van der Waals surface area contributed by atoms with E-state index in [0.717, 1.165) is 0 Å². The Morgan fingerprint density at radius 2 is 2.11 bits per heavy atom. The molecule has 0 aromatic heterocycles.